The number of hydrogen-bond donors (Lipinski definition) is 0. The van der Waals surface area contributed by atoms with Crippen molar-refractivity contribution in [3.05, 3.63) is 12.2 Å². The minimum atomic E-state index is 0.248. The van der Waals surface area contributed by atoms with Crippen molar-refractivity contribution in [1.82, 2.24) is 0 Å². The Kier molecular flexibility index (Phi) is 0.770. The van der Waals surface area contributed by atoms with E-state index in [1.807, 2.05) is 0 Å². The Morgan fingerprint density at radius 3 is 2.62 bits per heavy atom. The SMILES string of the molecule is C1=CC2(CC2)OCC1. The van der Waals surface area contributed by atoms with E-state index in [4.69, 9.17) is 4.74 Å². The van der Waals surface area contributed by atoms with E-state index in [0.29, 0.717) is 0 Å². The highest BCUT2D eigenvalue weighted by Gasteiger charge is 2.42. The second-order valence-corrected chi connectivity index (χ2v) is 2.60. The Hall–Kier alpha value is -0.300. The van der Waals surface area contributed by atoms with Gasteiger partial charge in [0, 0.05) is 0 Å². The topological polar surface area (TPSA) is 9.23 Å². The van der Waals surface area contributed by atoms with E-state index < -0.39 is 0 Å². The third-order valence-electron chi connectivity index (χ3n) is 1.84. The molecule has 1 fully saturated rings. The van der Waals surface area contributed by atoms with Gasteiger partial charge < -0.3 is 4.74 Å². The quantitative estimate of drug-likeness (QED) is 0.429. The maximum absolute atomic E-state index is 5.49. The van der Waals surface area contributed by atoms with E-state index in [-0.39, 0.29) is 5.60 Å². The molecule has 0 aromatic heterocycles. The van der Waals surface area contributed by atoms with Crippen molar-refractivity contribution in [1.29, 1.82) is 0 Å². The Morgan fingerprint density at radius 2 is 2.25 bits per heavy atom. The molecule has 0 atom stereocenters. The van der Waals surface area contributed by atoms with Crippen molar-refractivity contribution in [3.8, 4) is 0 Å². The standard InChI is InChI=1S/C7H10O/c1-2-6-8-7(3-1)4-5-7/h1,3H,2,4-6H2. The summed E-state index contributed by atoms with van der Waals surface area (Å²) >= 11 is 0. The van der Waals surface area contributed by atoms with E-state index in [1.54, 1.807) is 0 Å². The van der Waals surface area contributed by atoms with Gasteiger partial charge in [-0.25, -0.2) is 0 Å². The molecule has 1 aliphatic heterocycles. The highest BCUT2D eigenvalue weighted by molar-refractivity contribution is 5.14. The van der Waals surface area contributed by atoms with Gasteiger partial charge in [0.15, 0.2) is 0 Å². The van der Waals surface area contributed by atoms with Crippen LogP contribution in [0.3, 0.4) is 0 Å². The van der Waals surface area contributed by atoms with Crippen molar-refractivity contribution in [2.45, 2.75) is 24.9 Å². The molecule has 1 heteroatoms. The van der Waals surface area contributed by atoms with E-state index in [2.05, 4.69) is 12.2 Å². The number of ether oxygens (including phenoxy) is 1. The lowest BCUT2D eigenvalue weighted by Gasteiger charge is -2.14. The van der Waals surface area contributed by atoms with Crippen molar-refractivity contribution < 1.29 is 4.74 Å². The van der Waals surface area contributed by atoms with Gasteiger partial charge in [-0.05, 0) is 19.3 Å². The van der Waals surface area contributed by atoms with Gasteiger partial charge in [-0.15, -0.1) is 0 Å². The van der Waals surface area contributed by atoms with Gasteiger partial charge >= 0.3 is 0 Å². The molecule has 0 amide bonds. The van der Waals surface area contributed by atoms with Crippen molar-refractivity contribution >= 4 is 0 Å². The third kappa shape index (κ3) is 0.583. The zero-order valence-corrected chi connectivity index (χ0v) is 4.89. The minimum Gasteiger partial charge on any atom is -0.371 e. The van der Waals surface area contributed by atoms with E-state index in [0.717, 1.165) is 13.0 Å². The summed E-state index contributed by atoms with van der Waals surface area (Å²) in [5, 5.41) is 0. The van der Waals surface area contributed by atoms with Gasteiger partial charge in [0.25, 0.3) is 0 Å². The van der Waals surface area contributed by atoms with Crippen LogP contribution in [0, 0.1) is 0 Å². The van der Waals surface area contributed by atoms with Crippen LogP contribution in [0.15, 0.2) is 12.2 Å². The molecular formula is C7H10O. The predicted molar refractivity (Wildman–Crippen MR) is 31.7 cm³/mol. The van der Waals surface area contributed by atoms with Crippen molar-refractivity contribution in [3.63, 3.8) is 0 Å². The number of hydrogen-bond acceptors (Lipinski definition) is 1. The zero-order chi connectivity index (χ0) is 5.45. The molecular weight excluding hydrogens is 100 g/mol. The number of rotatable bonds is 0. The fraction of sp³-hybridized carbons (Fsp3) is 0.714. The van der Waals surface area contributed by atoms with Gasteiger partial charge in [-0.3, -0.25) is 0 Å². The van der Waals surface area contributed by atoms with Crippen LogP contribution in [0.25, 0.3) is 0 Å². The molecule has 2 rings (SSSR count). The largest absolute Gasteiger partial charge is 0.371 e. The molecule has 0 radical (unpaired) electrons. The summed E-state index contributed by atoms with van der Waals surface area (Å²) in [6.45, 7) is 0.941. The average molecular weight is 110 g/mol. The van der Waals surface area contributed by atoms with E-state index in [1.165, 1.54) is 12.8 Å². The predicted octanol–water partition coefficient (Wildman–Crippen LogP) is 1.50. The first-order chi connectivity index (χ1) is 3.91. The van der Waals surface area contributed by atoms with Crippen molar-refractivity contribution in [2.24, 2.45) is 0 Å². The van der Waals surface area contributed by atoms with Crippen LogP contribution < -0.4 is 0 Å². The van der Waals surface area contributed by atoms with Crippen LogP contribution in [0.2, 0.25) is 0 Å². The Bertz CT molecular complexity index is 122. The van der Waals surface area contributed by atoms with Gasteiger partial charge in [-0.1, -0.05) is 12.2 Å². The summed E-state index contributed by atoms with van der Waals surface area (Å²) in [7, 11) is 0. The summed E-state index contributed by atoms with van der Waals surface area (Å²) in [6, 6.07) is 0. The van der Waals surface area contributed by atoms with Gasteiger partial charge in [0.05, 0.1) is 12.2 Å². The first kappa shape index (κ1) is 4.57. The smallest absolute Gasteiger partial charge is 0.0865 e. The average Bonchev–Trinajstić information content (AvgIpc) is 2.52. The molecule has 0 bridgehead atoms. The van der Waals surface area contributed by atoms with Crippen LogP contribution in [0.5, 0.6) is 0 Å². The summed E-state index contributed by atoms with van der Waals surface area (Å²) in [5.74, 6) is 0. The van der Waals surface area contributed by atoms with Gasteiger partial charge in [-0.2, -0.15) is 0 Å². The second kappa shape index (κ2) is 1.35. The normalized spacial score (nSPS) is 31.0. The molecule has 1 spiro atoms. The first-order valence-corrected chi connectivity index (χ1v) is 3.23. The Labute approximate surface area is 49.3 Å². The van der Waals surface area contributed by atoms with Gasteiger partial charge in [0.1, 0.15) is 0 Å². The lowest BCUT2D eigenvalue weighted by Crippen LogP contribution is -2.14. The molecule has 0 unspecified atom stereocenters. The monoisotopic (exact) mass is 110 g/mol. The molecule has 1 saturated carbocycles. The Morgan fingerprint density at radius 1 is 1.38 bits per heavy atom. The first-order valence-electron chi connectivity index (χ1n) is 3.23. The summed E-state index contributed by atoms with van der Waals surface area (Å²) in [4.78, 5) is 0. The fourth-order valence-corrected chi connectivity index (χ4v) is 1.11. The third-order valence-corrected chi connectivity index (χ3v) is 1.84. The highest BCUT2D eigenvalue weighted by atomic mass is 16.5. The maximum atomic E-state index is 5.49. The molecule has 8 heavy (non-hydrogen) atoms. The molecule has 44 valence electrons. The lowest BCUT2D eigenvalue weighted by molar-refractivity contribution is 0.0616. The molecule has 0 aromatic carbocycles. The Balaban J connectivity index is 2.13. The highest BCUT2D eigenvalue weighted by Crippen LogP contribution is 2.42. The molecule has 0 N–H and O–H groups in total. The van der Waals surface area contributed by atoms with E-state index >= 15 is 0 Å². The molecule has 1 nitrogen and oxygen atoms in total. The van der Waals surface area contributed by atoms with Gasteiger partial charge in [0.2, 0.25) is 0 Å². The summed E-state index contributed by atoms with van der Waals surface area (Å²) in [5.41, 5.74) is 0.248. The molecule has 2 aliphatic rings. The molecule has 0 saturated heterocycles. The lowest BCUT2D eigenvalue weighted by atomic mass is 10.2. The molecule has 0 aromatic rings. The molecule has 1 heterocycles. The van der Waals surface area contributed by atoms with Crippen LogP contribution >= 0.6 is 0 Å². The fourth-order valence-electron chi connectivity index (χ4n) is 1.11. The van der Waals surface area contributed by atoms with Crippen LogP contribution in [0.4, 0.5) is 0 Å². The summed E-state index contributed by atoms with van der Waals surface area (Å²) in [6.07, 6.45) is 8.07. The van der Waals surface area contributed by atoms with E-state index in [9.17, 15) is 0 Å². The van der Waals surface area contributed by atoms with Crippen LogP contribution in [-0.2, 0) is 4.74 Å². The molecule has 1 aliphatic carbocycles. The van der Waals surface area contributed by atoms with Crippen molar-refractivity contribution in [2.75, 3.05) is 6.61 Å². The van der Waals surface area contributed by atoms with Crippen LogP contribution in [0.1, 0.15) is 19.3 Å². The second-order valence-electron chi connectivity index (χ2n) is 2.60. The van der Waals surface area contributed by atoms with Crippen LogP contribution in [-0.4, -0.2) is 12.2 Å². The zero-order valence-electron chi connectivity index (χ0n) is 4.89. The summed E-state index contributed by atoms with van der Waals surface area (Å²) < 4.78 is 5.49. The minimum absolute atomic E-state index is 0.248. The maximum Gasteiger partial charge on any atom is 0.0865 e.